The molecule has 5 rings (SSSR count). The minimum Gasteiger partial charge on any atom is -1.00 e. The monoisotopic (exact) mass is 579 g/mol. The quantitative estimate of drug-likeness (QED) is 0.376. The molecule has 2 aliphatic heterocycles. The van der Waals surface area contributed by atoms with Crippen LogP contribution in [0.3, 0.4) is 0 Å². The molecule has 12 heteroatoms. The Kier molecular flexibility index (Phi) is 9.15. The van der Waals surface area contributed by atoms with Gasteiger partial charge in [-0.25, -0.2) is 13.4 Å². The number of hydrogen-bond acceptors (Lipinski definition) is 8. The second kappa shape index (κ2) is 12.2. The molecule has 1 fully saturated rings. The number of hydrogen-bond donors (Lipinski definition) is 0. The van der Waals surface area contributed by atoms with Crippen LogP contribution in [0.4, 0.5) is 5.13 Å². The van der Waals surface area contributed by atoms with E-state index in [4.69, 9.17) is 14.5 Å². The standard InChI is InChI=1S/C26H32N4O5S2.ClH/c1-3-28(4-2)14-15-30(26-27-21-16-22-23(35-18-34-22)17-24(21)36-26)25(31)19-8-10-20(11-9-19)37(32,33)29-12-6-5-7-13-29;/h8-11,16-17H,3-7,12-15,18H2,1-2H3;1H/p-1. The number of benzene rings is 2. The van der Waals surface area contributed by atoms with Gasteiger partial charge in [-0.2, -0.15) is 4.31 Å². The van der Waals surface area contributed by atoms with Crippen molar-refractivity contribution in [2.45, 2.75) is 38.0 Å². The maximum atomic E-state index is 13.7. The third-order valence-corrected chi connectivity index (χ3v) is 9.89. The molecular weight excluding hydrogens is 548 g/mol. The molecule has 0 aliphatic carbocycles. The number of amides is 1. The Morgan fingerprint density at radius 1 is 1.00 bits per heavy atom. The van der Waals surface area contributed by atoms with E-state index >= 15 is 0 Å². The molecule has 0 N–H and O–H groups in total. The van der Waals surface area contributed by atoms with Crippen molar-refractivity contribution >= 4 is 42.6 Å². The topological polar surface area (TPSA) is 92.3 Å². The van der Waals surface area contributed by atoms with Crippen LogP contribution in [0.25, 0.3) is 10.2 Å². The van der Waals surface area contributed by atoms with E-state index in [1.54, 1.807) is 17.0 Å². The summed E-state index contributed by atoms with van der Waals surface area (Å²) in [7, 11) is -3.56. The second-order valence-corrected chi connectivity index (χ2v) is 12.1. The van der Waals surface area contributed by atoms with Gasteiger partial charge in [0.2, 0.25) is 16.8 Å². The SMILES string of the molecule is CCN(CC)CCN(C(=O)c1ccc(S(=O)(=O)N2CCCCC2)cc1)c1nc2cc3c(cc2s1)OCO3.[Cl-]. The molecule has 9 nitrogen and oxygen atoms in total. The predicted molar refractivity (Wildman–Crippen MR) is 144 cm³/mol. The number of ether oxygens (including phenoxy) is 2. The fraction of sp³-hybridized carbons (Fsp3) is 0.462. The van der Waals surface area contributed by atoms with Gasteiger partial charge in [-0.15, -0.1) is 0 Å². The fourth-order valence-electron chi connectivity index (χ4n) is 4.67. The van der Waals surface area contributed by atoms with Gasteiger partial charge >= 0.3 is 0 Å². The summed E-state index contributed by atoms with van der Waals surface area (Å²) in [6.07, 6.45) is 2.80. The highest BCUT2D eigenvalue weighted by Crippen LogP contribution is 2.40. The lowest BCUT2D eigenvalue weighted by Gasteiger charge is -2.26. The average molecular weight is 580 g/mol. The zero-order valence-electron chi connectivity index (χ0n) is 21.6. The highest BCUT2D eigenvalue weighted by Gasteiger charge is 2.27. The Hall–Kier alpha value is -2.44. The first-order valence-electron chi connectivity index (χ1n) is 12.8. The van der Waals surface area contributed by atoms with Gasteiger partial charge in [0.25, 0.3) is 5.91 Å². The normalized spacial score (nSPS) is 15.6. The third kappa shape index (κ3) is 5.76. The van der Waals surface area contributed by atoms with Gasteiger partial charge < -0.3 is 26.8 Å². The van der Waals surface area contributed by atoms with Crippen LogP contribution in [-0.4, -0.2) is 74.6 Å². The fourth-order valence-corrected chi connectivity index (χ4v) is 7.18. The van der Waals surface area contributed by atoms with Gasteiger partial charge in [-0.3, -0.25) is 9.69 Å². The summed E-state index contributed by atoms with van der Waals surface area (Å²) < 4.78 is 39.5. The number of carbonyl (C=O) groups excluding carboxylic acids is 1. The Morgan fingerprint density at radius 3 is 2.32 bits per heavy atom. The van der Waals surface area contributed by atoms with Crippen LogP contribution < -0.4 is 26.8 Å². The molecule has 0 saturated carbocycles. The van der Waals surface area contributed by atoms with E-state index in [0.717, 1.165) is 42.6 Å². The maximum Gasteiger partial charge on any atom is 0.260 e. The number of aromatic nitrogens is 1. The first-order chi connectivity index (χ1) is 17.9. The highest BCUT2D eigenvalue weighted by atomic mass is 35.5. The average Bonchev–Trinajstić information content (AvgIpc) is 3.56. The number of rotatable bonds is 9. The Bertz CT molecular complexity index is 1330. The number of anilines is 1. The van der Waals surface area contributed by atoms with E-state index in [2.05, 4.69) is 18.7 Å². The molecule has 1 saturated heterocycles. The second-order valence-electron chi connectivity index (χ2n) is 9.14. The molecule has 3 heterocycles. The molecule has 206 valence electrons. The van der Waals surface area contributed by atoms with Crippen LogP contribution in [0, 0.1) is 0 Å². The summed E-state index contributed by atoms with van der Waals surface area (Å²) in [6.45, 7) is 8.37. The van der Waals surface area contributed by atoms with E-state index in [9.17, 15) is 13.2 Å². The summed E-state index contributed by atoms with van der Waals surface area (Å²) in [4.78, 5) is 22.6. The number of fused-ring (bicyclic) bond motifs is 2. The lowest BCUT2D eigenvalue weighted by Crippen LogP contribution is -3.00. The molecular formula is C26H32ClN4O5S2-. The summed E-state index contributed by atoms with van der Waals surface area (Å²) >= 11 is 1.42. The third-order valence-electron chi connectivity index (χ3n) is 6.94. The Labute approximate surface area is 233 Å². The van der Waals surface area contributed by atoms with E-state index < -0.39 is 10.0 Å². The van der Waals surface area contributed by atoms with Gasteiger partial charge in [-0.05, 0) is 50.2 Å². The van der Waals surface area contributed by atoms with E-state index in [1.807, 2.05) is 12.1 Å². The largest absolute Gasteiger partial charge is 1.00 e. The summed E-state index contributed by atoms with van der Waals surface area (Å²) in [5, 5.41) is 0.584. The van der Waals surface area contributed by atoms with Crippen LogP contribution in [-0.2, 0) is 10.0 Å². The lowest BCUT2D eigenvalue weighted by atomic mass is 10.2. The van der Waals surface area contributed by atoms with Crippen molar-refractivity contribution in [2.75, 3.05) is 51.0 Å². The molecule has 1 amide bonds. The van der Waals surface area contributed by atoms with Crippen molar-refractivity contribution < 1.29 is 35.1 Å². The number of likely N-dealkylation sites (N-methyl/N-ethyl adjacent to an activating group) is 1. The van der Waals surface area contributed by atoms with E-state index in [-0.39, 0.29) is 30.0 Å². The van der Waals surface area contributed by atoms with Crippen LogP contribution in [0.15, 0.2) is 41.3 Å². The predicted octanol–water partition coefficient (Wildman–Crippen LogP) is 1.19. The molecule has 2 aromatic carbocycles. The molecule has 2 aliphatic rings. The van der Waals surface area contributed by atoms with Gasteiger partial charge in [0.05, 0.1) is 15.1 Å². The van der Waals surface area contributed by atoms with Crippen molar-refractivity contribution in [1.82, 2.24) is 14.2 Å². The summed E-state index contributed by atoms with van der Waals surface area (Å²) in [6, 6.07) is 10.0. The number of piperidine rings is 1. The molecule has 0 bridgehead atoms. The molecule has 38 heavy (non-hydrogen) atoms. The first kappa shape index (κ1) is 28.6. The van der Waals surface area contributed by atoms with E-state index in [0.29, 0.717) is 48.4 Å². The molecule has 3 aromatic rings. The summed E-state index contributed by atoms with van der Waals surface area (Å²) in [5.41, 5.74) is 1.17. The van der Waals surface area contributed by atoms with Crippen molar-refractivity contribution in [3.05, 3.63) is 42.0 Å². The minimum absolute atomic E-state index is 0. The van der Waals surface area contributed by atoms with Gasteiger partial charge in [0.15, 0.2) is 16.6 Å². The highest BCUT2D eigenvalue weighted by molar-refractivity contribution is 7.89. The molecule has 0 atom stereocenters. The van der Waals surface area contributed by atoms with Crippen molar-refractivity contribution in [3.8, 4) is 11.5 Å². The molecule has 0 unspecified atom stereocenters. The lowest BCUT2D eigenvalue weighted by molar-refractivity contribution is -0.0000192. The Morgan fingerprint density at radius 2 is 1.66 bits per heavy atom. The molecule has 1 aromatic heterocycles. The van der Waals surface area contributed by atoms with Crippen LogP contribution in [0.1, 0.15) is 43.5 Å². The number of nitrogens with zero attached hydrogens (tertiary/aromatic N) is 4. The summed E-state index contributed by atoms with van der Waals surface area (Å²) in [5.74, 6) is 1.11. The van der Waals surface area contributed by atoms with Gasteiger partial charge in [-0.1, -0.05) is 31.6 Å². The molecule has 0 spiro atoms. The first-order valence-corrected chi connectivity index (χ1v) is 15.0. The zero-order valence-corrected chi connectivity index (χ0v) is 23.9. The number of sulfonamides is 1. The molecule has 0 radical (unpaired) electrons. The maximum absolute atomic E-state index is 13.7. The van der Waals surface area contributed by atoms with Crippen LogP contribution >= 0.6 is 11.3 Å². The number of thiazole rings is 1. The van der Waals surface area contributed by atoms with Gasteiger partial charge in [0.1, 0.15) is 0 Å². The zero-order chi connectivity index (χ0) is 26.0. The Balaban J connectivity index is 0.00000336. The van der Waals surface area contributed by atoms with Crippen molar-refractivity contribution in [1.29, 1.82) is 0 Å². The number of carbonyl (C=O) groups is 1. The van der Waals surface area contributed by atoms with E-state index in [1.165, 1.54) is 27.8 Å². The minimum atomic E-state index is -3.56. The van der Waals surface area contributed by atoms with Crippen LogP contribution in [0.2, 0.25) is 0 Å². The smallest absolute Gasteiger partial charge is 0.260 e. The van der Waals surface area contributed by atoms with Crippen molar-refractivity contribution in [2.24, 2.45) is 0 Å². The number of halogens is 1. The van der Waals surface area contributed by atoms with Gasteiger partial charge in [0, 0.05) is 43.9 Å². The van der Waals surface area contributed by atoms with Crippen LogP contribution in [0.5, 0.6) is 11.5 Å². The van der Waals surface area contributed by atoms with Crippen molar-refractivity contribution in [3.63, 3.8) is 0 Å².